The molecule has 0 saturated carbocycles. The minimum atomic E-state index is -1.06. The van der Waals surface area contributed by atoms with E-state index < -0.39 is 5.97 Å². The molecule has 2 aromatic rings. The lowest BCUT2D eigenvalue weighted by Crippen LogP contribution is -2.36. The van der Waals surface area contributed by atoms with Crippen molar-refractivity contribution in [2.45, 2.75) is 18.2 Å². The summed E-state index contributed by atoms with van der Waals surface area (Å²) in [6, 6.07) is 8.77. The number of hydrogen-bond donors (Lipinski definition) is 2. The molecule has 0 aliphatic heterocycles. The van der Waals surface area contributed by atoms with E-state index in [9.17, 15) is 9.59 Å². The molecule has 0 bridgehead atoms. The highest BCUT2D eigenvalue weighted by atomic mass is 32.2. The van der Waals surface area contributed by atoms with Crippen LogP contribution in [0.25, 0.3) is 0 Å². The van der Waals surface area contributed by atoms with E-state index >= 15 is 0 Å². The van der Waals surface area contributed by atoms with Crippen LogP contribution in [0.1, 0.15) is 13.8 Å². The van der Waals surface area contributed by atoms with Crippen molar-refractivity contribution in [3.8, 4) is 0 Å². The quantitative estimate of drug-likeness (QED) is 0.646. The molecule has 2 rings (SSSR count). The van der Waals surface area contributed by atoms with Gasteiger partial charge in [-0.1, -0.05) is 55.1 Å². The number of thioether (sulfide) groups is 1. The number of carboxylic acids is 1. The topological polar surface area (TPSA) is 95.4 Å². The molecule has 0 fully saturated rings. The fourth-order valence-corrected chi connectivity index (χ4v) is 3.53. The van der Waals surface area contributed by atoms with Gasteiger partial charge in [0.25, 0.3) is 0 Å². The van der Waals surface area contributed by atoms with Crippen molar-refractivity contribution in [1.82, 2.24) is 10.2 Å². The van der Waals surface area contributed by atoms with Crippen LogP contribution in [0.3, 0.4) is 0 Å². The zero-order valence-electron chi connectivity index (χ0n) is 14.0. The monoisotopic (exact) mass is 380 g/mol. The highest BCUT2D eigenvalue weighted by Crippen LogP contribution is 2.26. The second kappa shape index (κ2) is 9.38. The Balaban J connectivity index is 1.96. The van der Waals surface area contributed by atoms with Crippen molar-refractivity contribution in [3.63, 3.8) is 0 Å². The Morgan fingerprint density at radius 1 is 1.28 bits per heavy atom. The molecular formula is C16H20N4O3S2. The summed E-state index contributed by atoms with van der Waals surface area (Å²) in [7, 11) is 0. The molecule has 1 heterocycles. The molecule has 0 spiro atoms. The van der Waals surface area contributed by atoms with Crippen molar-refractivity contribution in [1.29, 1.82) is 0 Å². The smallest absolute Gasteiger partial charge is 0.323 e. The number of nitrogens with zero attached hydrogens (tertiary/aromatic N) is 3. The predicted molar refractivity (Wildman–Crippen MR) is 100 cm³/mol. The number of hydrogen-bond acceptors (Lipinski definition) is 7. The lowest BCUT2D eigenvalue weighted by atomic mass is 10.2. The van der Waals surface area contributed by atoms with Crippen LogP contribution in [-0.4, -0.2) is 46.0 Å². The molecule has 0 aliphatic rings. The molecule has 2 N–H and O–H groups in total. The first-order chi connectivity index (χ1) is 12.0. The maximum absolute atomic E-state index is 12.5. The molecule has 0 radical (unpaired) electrons. The molecule has 25 heavy (non-hydrogen) atoms. The third kappa shape index (κ3) is 6.35. The number of aliphatic carboxylic acids is 1. The van der Waals surface area contributed by atoms with Crippen molar-refractivity contribution >= 4 is 45.8 Å². The van der Waals surface area contributed by atoms with Crippen molar-refractivity contribution < 1.29 is 14.7 Å². The van der Waals surface area contributed by atoms with E-state index in [0.717, 1.165) is 6.54 Å². The van der Waals surface area contributed by atoms with Gasteiger partial charge in [-0.15, -0.1) is 10.2 Å². The highest BCUT2D eigenvalue weighted by Gasteiger charge is 2.19. The predicted octanol–water partition coefficient (Wildman–Crippen LogP) is 2.82. The summed E-state index contributed by atoms with van der Waals surface area (Å²) >= 11 is 2.64. The Labute approximate surface area is 154 Å². The van der Waals surface area contributed by atoms with Gasteiger partial charge in [0.2, 0.25) is 11.0 Å². The van der Waals surface area contributed by atoms with Gasteiger partial charge in [-0.05, 0) is 18.1 Å². The molecule has 0 aliphatic carbocycles. The number of nitrogens with one attached hydrogen (secondary N) is 1. The van der Waals surface area contributed by atoms with Crippen molar-refractivity contribution in [3.05, 3.63) is 30.3 Å². The number of benzene rings is 1. The van der Waals surface area contributed by atoms with E-state index in [1.807, 2.05) is 6.07 Å². The number of carbonyl (C=O) groups excluding carboxylic acids is 1. The SMILES string of the molecule is CC(C)CNc1nnc(SCC(=O)N(CC(=O)O)c2ccccc2)s1. The number of carboxylic acid groups (broad SMARTS) is 1. The lowest BCUT2D eigenvalue weighted by molar-refractivity contribution is -0.136. The molecule has 0 saturated heterocycles. The summed E-state index contributed by atoms with van der Waals surface area (Å²) in [4.78, 5) is 24.8. The Morgan fingerprint density at radius 3 is 2.64 bits per heavy atom. The van der Waals surface area contributed by atoms with Crippen LogP contribution in [0.5, 0.6) is 0 Å². The Morgan fingerprint density at radius 2 is 2.00 bits per heavy atom. The van der Waals surface area contributed by atoms with Gasteiger partial charge in [-0.2, -0.15) is 0 Å². The largest absolute Gasteiger partial charge is 0.480 e. The summed E-state index contributed by atoms with van der Waals surface area (Å²) in [5.74, 6) is -0.748. The minimum Gasteiger partial charge on any atom is -0.480 e. The Bertz CT molecular complexity index is 706. The number of carbonyl (C=O) groups is 2. The van der Waals surface area contributed by atoms with Crippen LogP contribution in [0, 0.1) is 5.92 Å². The number of amides is 1. The van der Waals surface area contributed by atoms with E-state index in [-0.39, 0.29) is 18.2 Å². The van der Waals surface area contributed by atoms with Gasteiger partial charge in [0, 0.05) is 12.2 Å². The zero-order valence-corrected chi connectivity index (χ0v) is 15.6. The van der Waals surface area contributed by atoms with E-state index in [0.29, 0.717) is 21.1 Å². The molecule has 1 amide bonds. The zero-order chi connectivity index (χ0) is 18.2. The molecule has 0 unspecified atom stereocenters. The van der Waals surface area contributed by atoms with Gasteiger partial charge in [0.05, 0.1) is 5.75 Å². The normalized spacial score (nSPS) is 10.7. The second-order valence-electron chi connectivity index (χ2n) is 5.65. The molecular weight excluding hydrogens is 360 g/mol. The fourth-order valence-electron chi connectivity index (χ4n) is 1.90. The van der Waals surface area contributed by atoms with E-state index in [1.165, 1.54) is 28.0 Å². The van der Waals surface area contributed by atoms with Crippen LogP contribution >= 0.6 is 23.1 Å². The molecule has 134 valence electrons. The summed E-state index contributed by atoms with van der Waals surface area (Å²) < 4.78 is 0.669. The Kier molecular flexibility index (Phi) is 7.20. The van der Waals surface area contributed by atoms with Crippen molar-refractivity contribution in [2.24, 2.45) is 5.92 Å². The summed E-state index contributed by atoms with van der Waals surface area (Å²) in [6.07, 6.45) is 0. The van der Waals surface area contributed by atoms with Gasteiger partial charge in [0.15, 0.2) is 4.34 Å². The van der Waals surface area contributed by atoms with Gasteiger partial charge in [0.1, 0.15) is 6.54 Å². The molecule has 7 nitrogen and oxygen atoms in total. The van der Waals surface area contributed by atoms with Crippen LogP contribution < -0.4 is 10.2 Å². The van der Waals surface area contributed by atoms with Crippen molar-refractivity contribution in [2.75, 3.05) is 29.1 Å². The standard InChI is InChI=1S/C16H20N4O3S2/c1-11(2)8-17-15-18-19-16(25-15)24-10-13(21)20(9-14(22)23)12-6-4-3-5-7-12/h3-7,11H,8-10H2,1-2H3,(H,17,18)(H,22,23). The average Bonchev–Trinajstić information content (AvgIpc) is 3.04. The number of para-hydroxylation sites is 1. The fraction of sp³-hybridized carbons (Fsp3) is 0.375. The number of aromatic nitrogens is 2. The lowest BCUT2D eigenvalue weighted by Gasteiger charge is -2.20. The highest BCUT2D eigenvalue weighted by molar-refractivity contribution is 8.01. The van der Waals surface area contributed by atoms with Crippen LogP contribution in [0.4, 0.5) is 10.8 Å². The van der Waals surface area contributed by atoms with Crippen LogP contribution in [0.2, 0.25) is 0 Å². The van der Waals surface area contributed by atoms with E-state index in [1.54, 1.807) is 24.3 Å². The average molecular weight is 380 g/mol. The number of anilines is 2. The molecule has 0 atom stereocenters. The molecule has 1 aromatic heterocycles. The first kappa shape index (κ1) is 19.2. The van der Waals surface area contributed by atoms with Gasteiger partial charge >= 0.3 is 5.97 Å². The first-order valence-corrected chi connectivity index (χ1v) is 9.53. The first-order valence-electron chi connectivity index (χ1n) is 7.73. The maximum atomic E-state index is 12.5. The molecule has 1 aromatic carbocycles. The van der Waals surface area contributed by atoms with E-state index in [4.69, 9.17) is 5.11 Å². The third-order valence-corrected chi connectivity index (χ3v) is 5.05. The second-order valence-corrected chi connectivity index (χ2v) is 7.85. The summed E-state index contributed by atoms with van der Waals surface area (Å²) in [5.41, 5.74) is 0.562. The van der Waals surface area contributed by atoms with Crippen LogP contribution in [0.15, 0.2) is 34.7 Å². The summed E-state index contributed by atoms with van der Waals surface area (Å²) in [6.45, 7) is 4.63. The number of rotatable bonds is 9. The van der Waals surface area contributed by atoms with Gasteiger partial charge in [-0.25, -0.2) is 0 Å². The molecule has 9 heteroatoms. The van der Waals surface area contributed by atoms with Crippen LogP contribution in [-0.2, 0) is 9.59 Å². The van der Waals surface area contributed by atoms with E-state index in [2.05, 4.69) is 29.4 Å². The minimum absolute atomic E-state index is 0.0982. The summed E-state index contributed by atoms with van der Waals surface area (Å²) in [5, 5.41) is 21.0. The Hall–Kier alpha value is -2.13. The maximum Gasteiger partial charge on any atom is 0.323 e. The van der Waals surface area contributed by atoms with Gasteiger partial charge < -0.3 is 15.3 Å². The third-order valence-electron chi connectivity index (χ3n) is 3.05. The van der Waals surface area contributed by atoms with Gasteiger partial charge in [-0.3, -0.25) is 9.59 Å².